The minimum atomic E-state index is -0.329. The van der Waals surface area contributed by atoms with Crippen molar-refractivity contribution >= 4 is 38.6 Å². The first-order valence-electron chi connectivity index (χ1n) is 9.79. The predicted octanol–water partition coefficient (Wildman–Crippen LogP) is 6.25. The first-order valence-corrected chi connectivity index (χ1v) is 10.6. The molecule has 0 radical (unpaired) electrons. The molecule has 0 aliphatic carbocycles. The van der Waals surface area contributed by atoms with Gasteiger partial charge in [-0.2, -0.15) is 0 Å². The number of nitrogens with zero attached hydrogens (tertiary/aromatic N) is 1. The van der Waals surface area contributed by atoms with Gasteiger partial charge in [0.2, 0.25) is 0 Å². The molecule has 2 heterocycles. The fraction of sp³-hybridized carbons (Fsp3) is 0.125. The number of aromatic nitrogens is 1. The van der Waals surface area contributed by atoms with Crippen LogP contribution in [-0.2, 0) is 6.42 Å². The van der Waals surface area contributed by atoms with E-state index in [2.05, 4.69) is 32.3 Å². The molecular formula is C24H19BrFN3O. The number of carbonyl (C=O) groups excluding carboxylic acids is 1. The van der Waals surface area contributed by atoms with Crippen LogP contribution in [-0.4, -0.2) is 22.5 Å². The van der Waals surface area contributed by atoms with E-state index in [0.717, 1.165) is 27.7 Å². The molecule has 2 N–H and O–H groups in total. The molecule has 0 fully saturated rings. The molecule has 1 unspecified atom stereocenters. The summed E-state index contributed by atoms with van der Waals surface area (Å²) in [4.78, 5) is 18.6. The fourth-order valence-corrected chi connectivity index (χ4v) is 4.58. The van der Waals surface area contributed by atoms with Crippen molar-refractivity contribution in [2.24, 2.45) is 0 Å². The van der Waals surface area contributed by atoms with Gasteiger partial charge >= 0.3 is 6.03 Å². The summed E-state index contributed by atoms with van der Waals surface area (Å²) < 4.78 is 14.4. The first kappa shape index (κ1) is 18.9. The number of hydrogen-bond donors (Lipinski definition) is 2. The van der Waals surface area contributed by atoms with Crippen molar-refractivity contribution in [2.45, 2.75) is 12.5 Å². The van der Waals surface area contributed by atoms with Gasteiger partial charge < -0.3 is 15.2 Å². The van der Waals surface area contributed by atoms with E-state index < -0.39 is 0 Å². The second kappa shape index (κ2) is 7.61. The van der Waals surface area contributed by atoms with Crippen LogP contribution in [0, 0.1) is 5.82 Å². The van der Waals surface area contributed by atoms with Crippen molar-refractivity contribution in [1.29, 1.82) is 0 Å². The number of benzene rings is 3. The Bertz CT molecular complexity index is 1230. The fourth-order valence-electron chi connectivity index (χ4n) is 4.20. The smallest absolute Gasteiger partial charge is 0.322 e. The van der Waals surface area contributed by atoms with E-state index in [1.165, 1.54) is 23.1 Å². The zero-order valence-corrected chi connectivity index (χ0v) is 17.6. The third kappa shape index (κ3) is 3.27. The molecule has 0 bridgehead atoms. The van der Waals surface area contributed by atoms with E-state index in [9.17, 15) is 9.18 Å². The molecule has 4 nitrogen and oxygen atoms in total. The maximum Gasteiger partial charge on any atom is 0.322 e. The van der Waals surface area contributed by atoms with Crippen molar-refractivity contribution in [3.8, 4) is 0 Å². The Kier molecular flexibility index (Phi) is 4.79. The maximum atomic E-state index is 13.6. The van der Waals surface area contributed by atoms with Crippen molar-refractivity contribution in [2.75, 3.05) is 11.9 Å². The lowest BCUT2D eigenvalue weighted by Crippen LogP contribution is -2.43. The highest BCUT2D eigenvalue weighted by atomic mass is 79.9. The SMILES string of the molecule is O=C(Nc1ccccc1Br)N1CCc2c([nH]c3ccccc23)C1c1ccc(F)cc1. The molecule has 1 atom stereocenters. The van der Waals surface area contributed by atoms with Gasteiger partial charge in [-0.1, -0.05) is 42.5 Å². The lowest BCUT2D eigenvalue weighted by molar-refractivity contribution is 0.193. The maximum absolute atomic E-state index is 13.6. The third-order valence-corrected chi connectivity index (χ3v) is 6.29. The second-order valence-electron chi connectivity index (χ2n) is 7.37. The Morgan fingerprint density at radius 1 is 1.03 bits per heavy atom. The highest BCUT2D eigenvalue weighted by Gasteiger charge is 2.34. The van der Waals surface area contributed by atoms with Crippen LogP contribution >= 0.6 is 15.9 Å². The minimum Gasteiger partial charge on any atom is -0.356 e. The van der Waals surface area contributed by atoms with Gasteiger partial charge in [-0.05, 0) is 63.8 Å². The second-order valence-corrected chi connectivity index (χ2v) is 8.22. The summed E-state index contributed by atoms with van der Waals surface area (Å²) in [6.45, 7) is 0.563. The average Bonchev–Trinajstić information content (AvgIpc) is 3.14. The average molecular weight is 464 g/mol. The van der Waals surface area contributed by atoms with Crippen LogP contribution in [0.5, 0.6) is 0 Å². The molecule has 0 saturated heterocycles. The highest BCUT2D eigenvalue weighted by Crippen LogP contribution is 2.39. The van der Waals surface area contributed by atoms with Gasteiger partial charge in [0, 0.05) is 27.6 Å². The van der Waals surface area contributed by atoms with Crippen LogP contribution in [0.4, 0.5) is 14.9 Å². The number of carbonyl (C=O) groups is 1. The van der Waals surface area contributed by atoms with E-state index in [0.29, 0.717) is 12.2 Å². The number of para-hydroxylation sites is 2. The topological polar surface area (TPSA) is 48.1 Å². The Hall–Kier alpha value is -3.12. The van der Waals surface area contributed by atoms with Crippen LogP contribution in [0.25, 0.3) is 10.9 Å². The first-order chi connectivity index (χ1) is 14.6. The van der Waals surface area contributed by atoms with Crippen LogP contribution in [0.15, 0.2) is 77.3 Å². The lowest BCUT2D eigenvalue weighted by Gasteiger charge is -2.36. The van der Waals surface area contributed by atoms with Crippen molar-refractivity contribution in [3.63, 3.8) is 0 Å². The molecule has 6 heteroatoms. The monoisotopic (exact) mass is 463 g/mol. The summed E-state index contributed by atoms with van der Waals surface area (Å²) in [5, 5.41) is 4.18. The highest BCUT2D eigenvalue weighted by molar-refractivity contribution is 9.10. The van der Waals surface area contributed by atoms with Gasteiger partial charge in [-0.3, -0.25) is 0 Å². The van der Waals surface area contributed by atoms with Gasteiger partial charge in [0.05, 0.1) is 11.7 Å². The largest absolute Gasteiger partial charge is 0.356 e. The number of fused-ring (bicyclic) bond motifs is 3. The molecule has 0 saturated carbocycles. The van der Waals surface area contributed by atoms with E-state index in [-0.39, 0.29) is 17.9 Å². The molecule has 1 aliphatic heterocycles. The molecule has 1 aliphatic rings. The molecule has 150 valence electrons. The van der Waals surface area contributed by atoms with Crippen molar-refractivity contribution in [1.82, 2.24) is 9.88 Å². The Morgan fingerprint density at radius 3 is 2.57 bits per heavy atom. The number of H-pyrrole nitrogens is 1. The van der Waals surface area contributed by atoms with Crippen LogP contribution in [0.3, 0.4) is 0 Å². The summed E-state index contributed by atoms with van der Waals surface area (Å²) >= 11 is 3.48. The molecule has 2 amide bonds. The van der Waals surface area contributed by atoms with Gasteiger partial charge in [-0.15, -0.1) is 0 Å². The quantitative estimate of drug-likeness (QED) is 0.362. The van der Waals surface area contributed by atoms with Crippen LogP contribution in [0.1, 0.15) is 22.9 Å². The summed E-state index contributed by atoms with van der Waals surface area (Å²) in [6.07, 6.45) is 0.750. The molecule has 5 rings (SSSR count). The number of halogens is 2. The Balaban J connectivity index is 1.59. The minimum absolute atomic E-state index is 0.194. The van der Waals surface area contributed by atoms with Gasteiger partial charge in [0.25, 0.3) is 0 Å². The Morgan fingerprint density at radius 2 is 1.77 bits per heavy atom. The summed E-state index contributed by atoms with van der Waals surface area (Å²) in [5.41, 5.74) is 4.82. The normalized spacial score (nSPS) is 15.8. The van der Waals surface area contributed by atoms with Gasteiger partial charge in [0.15, 0.2) is 0 Å². The van der Waals surface area contributed by atoms with Crippen molar-refractivity contribution < 1.29 is 9.18 Å². The van der Waals surface area contributed by atoms with Gasteiger partial charge in [0.1, 0.15) is 5.82 Å². The number of hydrogen-bond acceptors (Lipinski definition) is 1. The molecule has 0 spiro atoms. The Labute approximate surface area is 181 Å². The van der Waals surface area contributed by atoms with E-state index >= 15 is 0 Å². The van der Waals surface area contributed by atoms with Crippen molar-refractivity contribution in [3.05, 3.63) is 99.9 Å². The molecule has 1 aromatic heterocycles. The van der Waals surface area contributed by atoms with Gasteiger partial charge in [-0.25, -0.2) is 9.18 Å². The van der Waals surface area contributed by atoms with Crippen LogP contribution in [0.2, 0.25) is 0 Å². The number of urea groups is 1. The standard InChI is InChI=1S/C24H19BrFN3O/c25-19-6-2-4-8-21(19)28-24(30)29-14-13-18-17-5-1-3-7-20(17)27-22(18)23(29)15-9-11-16(26)12-10-15/h1-12,23,27H,13-14H2,(H,28,30). The predicted molar refractivity (Wildman–Crippen MR) is 120 cm³/mol. The summed E-state index contributed by atoms with van der Waals surface area (Å²) in [5.74, 6) is -0.296. The summed E-state index contributed by atoms with van der Waals surface area (Å²) in [7, 11) is 0. The number of rotatable bonds is 2. The number of amides is 2. The number of nitrogens with one attached hydrogen (secondary N) is 2. The number of aromatic amines is 1. The third-order valence-electron chi connectivity index (χ3n) is 5.60. The molecule has 30 heavy (non-hydrogen) atoms. The zero-order chi connectivity index (χ0) is 20.7. The molecular weight excluding hydrogens is 445 g/mol. The lowest BCUT2D eigenvalue weighted by atomic mass is 9.92. The van der Waals surface area contributed by atoms with Crippen LogP contribution < -0.4 is 5.32 Å². The van der Waals surface area contributed by atoms with E-state index in [1.54, 1.807) is 12.1 Å². The molecule has 3 aromatic carbocycles. The summed E-state index contributed by atoms with van der Waals surface area (Å²) in [6, 6.07) is 21.5. The van der Waals surface area contributed by atoms with E-state index in [1.807, 2.05) is 47.4 Å². The molecule has 4 aromatic rings. The zero-order valence-electron chi connectivity index (χ0n) is 16.0. The van der Waals surface area contributed by atoms with E-state index in [4.69, 9.17) is 0 Å². The number of anilines is 1.